The second-order valence-corrected chi connectivity index (χ2v) is 6.65. The van der Waals surface area contributed by atoms with Crippen molar-refractivity contribution in [1.82, 2.24) is 15.2 Å². The minimum atomic E-state index is -0.446. The minimum absolute atomic E-state index is 0.130. The number of aromatic nitrogens is 1. The van der Waals surface area contributed by atoms with Gasteiger partial charge in [-0.05, 0) is 44.8 Å². The van der Waals surface area contributed by atoms with Crippen molar-refractivity contribution in [2.75, 3.05) is 39.6 Å². The van der Waals surface area contributed by atoms with Gasteiger partial charge in [-0.15, -0.1) is 0 Å². The first-order chi connectivity index (χ1) is 12.8. The molecule has 7 nitrogen and oxygen atoms in total. The SMILES string of the molecule is COc1cc(Cl)c(C)cc1NC(=O)c1cc(C(=O)NCCN(C)C)ccn1. The van der Waals surface area contributed by atoms with E-state index >= 15 is 0 Å². The number of carbonyl (C=O) groups excluding carboxylic acids is 2. The van der Waals surface area contributed by atoms with Crippen molar-refractivity contribution in [1.29, 1.82) is 0 Å². The number of benzene rings is 1. The van der Waals surface area contributed by atoms with Crippen LogP contribution in [0.25, 0.3) is 0 Å². The van der Waals surface area contributed by atoms with Gasteiger partial charge in [0.1, 0.15) is 11.4 Å². The normalized spacial score (nSPS) is 10.6. The molecule has 1 heterocycles. The highest BCUT2D eigenvalue weighted by atomic mass is 35.5. The zero-order valence-corrected chi connectivity index (χ0v) is 16.6. The number of anilines is 1. The molecule has 0 radical (unpaired) electrons. The number of ether oxygens (including phenoxy) is 1. The van der Waals surface area contributed by atoms with E-state index in [2.05, 4.69) is 15.6 Å². The first-order valence-corrected chi connectivity index (χ1v) is 8.74. The number of hydrogen-bond acceptors (Lipinski definition) is 5. The van der Waals surface area contributed by atoms with Crippen molar-refractivity contribution < 1.29 is 14.3 Å². The van der Waals surface area contributed by atoms with Crippen molar-refractivity contribution in [3.05, 3.63) is 52.3 Å². The van der Waals surface area contributed by atoms with Gasteiger partial charge in [0, 0.05) is 35.9 Å². The summed E-state index contributed by atoms with van der Waals surface area (Å²) in [7, 11) is 5.34. The predicted octanol–water partition coefficient (Wildman–Crippen LogP) is 2.60. The van der Waals surface area contributed by atoms with E-state index in [1.807, 2.05) is 25.9 Å². The van der Waals surface area contributed by atoms with Gasteiger partial charge in [0.25, 0.3) is 11.8 Å². The highest BCUT2D eigenvalue weighted by Gasteiger charge is 2.15. The number of nitrogens with one attached hydrogen (secondary N) is 2. The van der Waals surface area contributed by atoms with Crippen LogP contribution in [-0.4, -0.2) is 56.0 Å². The number of methoxy groups -OCH3 is 1. The quantitative estimate of drug-likeness (QED) is 0.759. The molecular formula is C19H23ClN4O3. The maximum atomic E-state index is 12.6. The second-order valence-electron chi connectivity index (χ2n) is 6.24. The predicted molar refractivity (Wildman–Crippen MR) is 106 cm³/mol. The Bertz CT molecular complexity index is 840. The number of aryl methyl sites for hydroxylation is 1. The second kappa shape index (κ2) is 9.34. The fraction of sp³-hybridized carbons (Fsp3) is 0.316. The molecule has 1 aromatic heterocycles. The first-order valence-electron chi connectivity index (χ1n) is 8.36. The van der Waals surface area contributed by atoms with Crippen molar-refractivity contribution in [3.63, 3.8) is 0 Å². The van der Waals surface area contributed by atoms with Crippen LogP contribution in [0.5, 0.6) is 5.75 Å². The topological polar surface area (TPSA) is 83.6 Å². The molecule has 0 aliphatic rings. The molecule has 2 rings (SSSR count). The number of rotatable bonds is 7. The number of nitrogens with zero attached hydrogens (tertiary/aromatic N) is 2. The Hall–Kier alpha value is -2.64. The maximum Gasteiger partial charge on any atom is 0.274 e. The van der Waals surface area contributed by atoms with Crippen LogP contribution >= 0.6 is 11.6 Å². The van der Waals surface area contributed by atoms with Crippen LogP contribution in [-0.2, 0) is 0 Å². The number of amides is 2. The Kier molecular flexibility index (Phi) is 7.15. The highest BCUT2D eigenvalue weighted by molar-refractivity contribution is 6.31. The van der Waals surface area contributed by atoms with Crippen LogP contribution in [0.3, 0.4) is 0 Å². The average molecular weight is 391 g/mol. The standard InChI is InChI=1S/C19H23ClN4O3/c1-12-9-15(17(27-4)11-14(12)20)23-19(26)16-10-13(5-6-21-16)18(25)22-7-8-24(2)3/h5-6,9-11H,7-8H2,1-4H3,(H,22,25)(H,23,26). The Balaban J connectivity index is 2.14. The molecule has 0 bridgehead atoms. The van der Waals surface area contributed by atoms with Gasteiger partial charge in [0.15, 0.2) is 0 Å². The van der Waals surface area contributed by atoms with Gasteiger partial charge in [0.2, 0.25) is 0 Å². The molecular weight excluding hydrogens is 368 g/mol. The molecule has 2 amide bonds. The van der Waals surface area contributed by atoms with Crippen LogP contribution in [0.1, 0.15) is 26.4 Å². The molecule has 0 aliphatic heterocycles. The maximum absolute atomic E-state index is 12.6. The Labute approximate surface area is 163 Å². The van der Waals surface area contributed by atoms with Crippen LogP contribution in [0.2, 0.25) is 5.02 Å². The lowest BCUT2D eigenvalue weighted by Gasteiger charge is -2.13. The summed E-state index contributed by atoms with van der Waals surface area (Å²) in [6.45, 7) is 3.06. The number of halogens is 1. The lowest BCUT2D eigenvalue weighted by Crippen LogP contribution is -2.31. The van der Waals surface area contributed by atoms with Crippen LogP contribution < -0.4 is 15.4 Å². The number of pyridine rings is 1. The lowest BCUT2D eigenvalue weighted by atomic mass is 10.2. The van der Waals surface area contributed by atoms with Crippen LogP contribution in [0, 0.1) is 6.92 Å². The van der Waals surface area contributed by atoms with Gasteiger partial charge in [-0.1, -0.05) is 11.6 Å². The van der Waals surface area contributed by atoms with Gasteiger partial charge in [-0.25, -0.2) is 0 Å². The van der Waals surface area contributed by atoms with E-state index in [1.54, 1.807) is 18.2 Å². The number of carbonyl (C=O) groups is 2. The summed E-state index contributed by atoms with van der Waals surface area (Å²) in [4.78, 5) is 30.8. The molecule has 0 aliphatic carbocycles. The van der Waals surface area contributed by atoms with Crippen molar-refractivity contribution >= 4 is 29.1 Å². The molecule has 0 fully saturated rings. The van der Waals surface area contributed by atoms with Gasteiger partial charge < -0.3 is 20.3 Å². The monoisotopic (exact) mass is 390 g/mol. The fourth-order valence-electron chi connectivity index (χ4n) is 2.31. The van der Waals surface area contributed by atoms with Crippen molar-refractivity contribution in [2.24, 2.45) is 0 Å². The van der Waals surface area contributed by atoms with Crippen molar-refractivity contribution in [2.45, 2.75) is 6.92 Å². The fourth-order valence-corrected chi connectivity index (χ4v) is 2.46. The molecule has 144 valence electrons. The molecule has 0 saturated carbocycles. The lowest BCUT2D eigenvalue weighted by molar-refractivity contribution is 0.0951. The summed E-state index contributed by atoms with van der Waals surface area (Å²) in [5, 5.41) is 6.09. The van der Waals surface area contributed by atoms with E-state index in [-0.39, 0.29) is 11.6 Å². The van der Waals surface area contributed by atoms with E-state index in [0.717, 1.165) is 12.1 Å². The van der Waals surface area contributed by atoms with E-state index < -0.39 is 5.91 Å². The molecule has 1 aromatic carbocycles. The summed E-state index contributed by atoms with van der Waals surface area (Å²) < 4.78 is 5.26. The van der Waals surface area contributed by atoms with Gasteiger partial charge in [0.05, 0.1) is 12.8 Å². The summed E-state index contributed by atoms with van der Waals surface area (Å²) in [6, 6.07) is 6.37. The molecule has 0 spiro atoms. The largest absolute Gasteiger partial charge is 0.495 e. The molecule has 0 atom stereocenters. The third-order valence-electron chi connectivity index (χ3n) is 3.83. The molecule has 8 heteroatoms. The minimum Gasteiger partial charge on any atom is -0.495 e. The summed E-state index contributed by atoms with van der Waals surface area (Å²) in [6.07, 6.45) is 1.43. The zero-order valence-electron chi connectivity index (χ0n) is 15.8. The molecule has 0 unspecified atom stereocenters. The van der Waals surface area contributed by atoms with Gasteiger partial charge in [-0.2, -0.15) is 0 Å². The van der Waals surface area contributed by atoms with E-state index in [0.29, 0.717) is 28.6 Å². The third kappa shape index (κ3) is 5.67. The van der Waals surface area contributed by atoms with Crippen LogP contribution in [0.15, 0.2) is 30.5 Å². The molecule has 2 aromatic rings. The number of likely N-dealkylation sites (N-methyl/N-ethyl adjacent to an activating group) is 1. The average Bonchev–Trinajstić information content (AvgIpc) is 2.64. The first kappa shape index (κ1) is 20.7. The smallest absolute Gasteiger partial charge is 0.274 e. The molecule has 0 saturated heterocycles. The van der Waals surface area contributed by atoms with E-state index in [4.69, 9.17) is 16.3 Å². The third-order valence-corrected chi connectivity index (χ3v) is 4.24. The van der Waals surface area contributed by atoms with Gasteiger partial charge >= 0.3 is 0 Å². The zero-order chi connectivity index (χ0) is 20.0. The summed E-state index contributed by atoms with van der Waals surface area (Å²) >= 11 is 6.08. The van der Waals surface area contributed by atoms with E-state index in [9.17, 15) is 9.59 Å². The Morgan fingerprint density at radius 2 is 1.96 bits per heavy atom. The number of hydrogen-bond donors (Lipinski definition) is 2. The molecule has 2 N–H and O–H groups in total. The van der Waals surface area contributed by atoms with E-state index in [1.165, 1.54) is 19.4 Å². The molecule has 27 heavy (non-hydrogen) atoms. The summed E-state index contributed by atoms with van der Waals surface area (Å²) in [5.41, 5.74) is 1.78. The van der Waals surface area contributed by atoms with Crippen LogP contribution in [0.4, 0.5) is 5.69 Å². The Morgan fingerprint density at radius 3 is 2.63 bits per heavy atom. The summed E-state index contributed by atoms with van der Waals surface area (Å²) in [5.74, 6) is -0.261. The Morgan fingerprint density at radius 1 is 1.22 bits per heavy atom. The highest BCUT2D eigenvalue weighted by Crippen LogP contribution is 2.31. The van der Waals surface area contributed by atoms with Gasteiger partial charge in [-0.3, -0.25) is 14.6 Å². The van der Waals surface area contributed by atoms with Crippen molar-refractivity contribution in [3.8, 4) is 5.75 Å².